The number of phenols is 2. The topological polar surface area (TPSA) is 57.5 Å². The Morgan fingerprint density at radius 2 is 1.23 bits per heavy atom. The van der Waals surface area contributed by atoms with E-state index < -0.39 is 0 Å². The highest BCUT2D eigenvalue weighted by Gasteiger charge is 2.22. The molecule has 2 N–H and O–H groups in total. The van der Waals surface area contributed by atoms with Gasteiger partial charge in [-0.05, 0) is 87.1 Å². The van der Waals surface area contributed by atoms with Crippen LogP contribution in [0, 0.1) is 41.5 Å². The van der Waals surface area contributed by atoms with Gasteiger partial charge in [0, 0.05) is 11.1 Å². The fourth-order valence-corrected chi connectivity index (χ4v) is 2.82. The molecule has 0 bridgehead atoms. The first-order valence-corrected chi connectivity index (χ1v) is 7.31. The Morgan fingerprint density at radius 3 is 1.73 bits per heavy atom. The Morgan fingerprint density at radius 1 is 0.727 bits per heavy atom. The van der Waals surface area contributed by atoms with Crippen molar-refractivity contribution in [2.45, 2.75) is 41.5 Å². The Hall–Kier alpha value is -2.29. The number of carbonyl (C=O) groups is 1. The highest BCUT2D eigenvalue weighted by molar-refractivity contribution is 6.12. The lowest BCUT2D eigenvalue weighted by Gasteiger charge is -2.18. The van der Waals surface area contributed by atoms with E-state index >= 15 is 0 Å². The molecule has 0 aromatic heterocycles. The predicted octanol–water partition coefficient (Wildman–Crippen LogP) is 4.18. The Balaban J connectivity index is 2.73. The lowest BCUT2D eigenvalue weighted by atomic mass is 9.86. The van der Waals surface area contributed by atoms with Crippen molar-refractivity contribution < 1.29 is 15.0 Å². The van der Waals surface area contributed by atoms with Crippen LogP contribution in [0.1, 0.15) is 49.3 Å². The molecule has 0 aliphatic rings. The van der Waals surface area contributed by atoms with Crippen molar-refractivity contribution in [2.75, 3.05) is 0 Å². The summed E-state index contributed by atoms with van der Waals surface area (Å²) in [5.41, 5.74) is 5.80. The van der Waals surface area contributed by atoms with Crippen LogP contribution in [-0.4, -0.2) is 16.0 Å². The quantitative estimate of drug-likeness (QED) is 0.818. The summed E-state index contributed by atoms with van der Waals surface area (Å²) in [6.45, 7) is 11.0. The maximum atomic E-state index is 13.0. The van der Waals surface area contributed by atoms with Crippen LogP contribution in [-0.2, 0) is 0 Å². The molecule has 0 radical (unpaired) electrons. The minimum Gasteiger partial charge on any atom is -0.508 e. The van der Waals surface area contributed by atoms with Gasteiger partial charge in [0.25, 0.3) is 0 Å². The highest BCUT2D eigenvalue weighted by atomic mass is 16.3. The molecule has 0 amide bonds. The van der Waals surface area contributed by atoms with Gasteiger partial charge in [0.15, 0.2) is 5.78 Å². The Bertz CT molecular complexity index is 757. The molecule has 0 aliphatic heterocycles. The van der Waals surface area contributed by atoms with E-state index in [9.17, 15) is 15.0 Å². The van der Waals surface area contributed by atoms with Crippen molar-refractivity contribution >= 4 is 5.78 Å². The third kappa shape index (κ3) is 2.27. The number of hydrogen-bond donors (Lipinski definition) is 2. The summed E-state index contributed by atoms with van der Waals surface area (Å²) in [7, 11) is 0. The van der Waals surface area contributed by atoms with Crippen LogP contribution in [0.15, 0.2) is 12.1 Å². The third-order valence-corrected chi connectivity index (χ3v) is 4.82. The lowest BCUT2D eigenvalue weighted by molar-refractivity contribution is 0.103. The van der Waals surface area contributed by atoms with Gasteiger partial charge in [0.05, 0.1) is 0 Å². The maximum Gasteiger partial charge on any atom is 0.193 e. The summed E-state index contributed by atoms with van der Waals surface area (Å²) >= 11 is 0. The van der Waals surface area contributed by atoms with Crippen molar-refractivity contribution in [1.29, 1.82) is 0 Å². The summed E-state index contributed by atoms with van der Waals surface area (Å²) in [4.78, 5) is 13.0. The minimum atomic E-state index is -0.0678. The van der Waals surface area contributed by atoms with Gasteiger partial charge in [-0.1, -0.05) is 0 Å². The molecule has 0 aliphatic carbocycles. The average molecular weight is 298 g/mol. The molecule has 2 aromatic rings. The molecule has 2 aromatic carbocycles. The van der Waals surface area contributed by atoms with E-state index in [1.54, 1.807) is 19.1 Å². The molecule has 0 atom stereocenters. The summed E-state index contributed by atoms with van der Waals surface area (Å²) < 4.78 is 0. The van der Waals surface area contributed by atoms with Gasteiger partial charge in [-0.2, -0.15) is 0 Å². The number of phenolic OH excluding ortho intramolecular Hbond substituents is 2. The zero-order valence-electron chi connectivity index (χ0n) is 14.0. The van der Waals surface area contributed by atoms with Crippen LogP contribution >= 0.6 is 0 Å². The molecule has 0 saturated carbocycles. The highest BCUT2D eigenvalue weighted by Crippen LogP contribution is 2.34. The fraction of sp³-hybridized carbons (Fsp3) is 0.316. The molecule has 22 heavy (non-hydrogen) atoms. The van der Waals surface area contributed by atoms with E-state index in [0.29, 0.717) is 16.7 Å². The monoisotopic (exact) mass is 298 g/mol. The molecule has 0 heterocycles. The van der Waals surface area contributed by atoms with E-state index in [1.807, 2.05) is 34.6 Å². The zero-order chi connectivity index (χ0) is 16.8. The molecule has 0 fully saturated rings. The van der Waals surface area contributed by atoms with Gasteiger partial charge in [-0.15, -0.1) is 0 Å². The standard InChI is InChI=1S/C19H22O3/c1-9-10(2)16(20)8-7-15(9)19(22)17-11(3)13(5)18(21)14(6)12(17)4/h7-8,20-21H,1-6H3. The van der Waals surface area contributed by atoms with Crippen molar-refractivity contribution in [1.82, 2.24) is 0 Å². The van der Waals surface area contributed by atoms with Crippen molar-refractivity contribution in [3.8, 4) is 11.5 Å². The van der Waals surface area contributed by atoms with Gasteiger partial charge in [-0.3, -0.25) is 4.79 Å². The van der Waals surface area contributed by atoms with Gasteiger partial charge in [0.2, 0.25) is 0 Å². The number of rotatable bonds is 2. The summed E-state index contributed by atoms with van der Waals surface area (Å²) in [5.74, 6) is 0.382. The van der Waals surface area contributed by atoms with Crippen LogP contribution in [0.25, 0.3) is 0 Å². The first-order chi connectivity index (χ1) is 10.2. The van der Waals surface area contributed by atoms with Crippen molar-refractivity contribution in [2.24, 2.45) is 0 Å². The van der Waals surface area contributed by atoms with Crippen molar-refractivity contribution in [3.63, 3.8) is 0 Å². The van der Waals surface area contributed by atoms with E-state index in [0.717, 1.165) is 27.8 Å². The molecule has 0 spiro atoms. The second-order valence-electron chi connectivity index (χ2n) is 5.93. The first-order valence-electron chi connectivity index (χ1n) is 7.31. The van der Waals surface area contributed by atoms with E-state index in [2.05, 4.69) is 0 Å². The van der Waals surface area contributed by atoms with E-state index in [-0.39, 0.29) is 17.3 Å². The normalized spacial score (nSPS) is 10.8. The zero-order valence-corrected chi connectivity index (χ0v) is 14.0. The summed E-state index contributed by atoms with van der Waals surface area (Å²) in [5, 5.41) is 19.9. The van der Waals surface area contributed by atoms with Crippen molar-refractivity contribution in [3.05, 3.63) is 56.6 Å². The number of hydrogen-bond acceptors (Lipinski definition) is 3. The van der Waals surface area contributed by atoms with E-state index in [1.165, 1.54) is 0 Å². The molecule has 0 saturated heterocycles. The molecule has 3 heteroatoms. The molecular weight excluding hydrogens is 276 g/mol. The van der Waals surface area contributed by atoms with Gasteiger partial charge in [0.1, 0.15) is 11.5 Å². The molecular formula is C19H22O3. The van der Waals surface area contributed by atoms with Gasteiger partial charge < -0.3 is 10.2 Å². The molecule has 2 rings (SSSR count). The lowest BCUT2D eigenvalue weighted by Crippen LogP contribution is -2.11. The second-order valence-corrected chi connectivity index (χ2v) is 5.93. The smallest absolute Gasteiger partial charge is 0.193 e. The first kappa shape index (κ1) is 16.1. The fourth-order valence-electron chi connectivity index (χ4n) is 2.82. The van der Waals surface area contributed by atoms with Gasteiger partial charge >= 0.3 is 0 Å². The van der Waals surface area contributed by atoms with Crippen LogP contribution in [0.4, 0.5) is 0 Å². The second kappa shape index (κ2) is 5.48. The van der Waals surface area contributed by atoms with Gasteiger partial charge in [-0.25, -0.2) is 0 Å². The van der Waals surface area contributed by atoms with Crippen LogP contribution in [0.2, 0.25) is 0 Å². The summed E-state index contributed by atoms with van der Waals surface area (Å²) in [6.07, 6.45) is 0. The number of benzene rings is 2. The summed E-state index contributed by atoms with van der Waals surface area (Å²) in [6, 6.07) is 3.22. The maximum absolute atomic E-state index is 13.0. The Labute approximate surface area is 131 Å². The van der Waals surface area contributed by atoms with E-state index in [4.69, 9.17) is 0 Å². The SMILES string of the molecule is Cc1c(O)ccc(C(=O)c2c(C)c(C)c(O)c(C)c2C)c1C. The number of carbonyl (C=O) groups excluding carboxylic acids is 1. The minimum absolute atomic E-state index is 0.0678. The average Bonchev–Trinajstić information content (AvgIpc) is 2.49. The number of ketones is 1. The molecule has 116 valence electrons. The van der Waals surface area contributed by atoms with Crippen LogP contribution in [0.5, 0.6) is 11.5 Å². The predicted molar refractivity (Wildman–Crippen MR) is 88.1 cm³/mol. The molecule has 0 unspecified atom stereocenters. The Kier molecular flexibility index (Phi) is 4.01. The largest absolute Gasteiger partial charge is 0.508 e. The molecule has 3 nitrogen and oxygen atoms in total. The number of aromatic hydroxyl groups is 2. The van der Waals surface area contributed by atoms with Crippen LogP contribution in [0.3, 0.4) is 0 Å². The van der Waals surface area contributed by atoms with Crippen LogP contribution < -0.4 is 0 Å². The third-order valence-electron chi connectivity index (χ3n) is 4.82.